The van der Waals surface area contributed by atoms with E-state index in [-0.39, 0.29) is 0 Å². The van der Waals surface area contributed by atoms with Crippen molar-refractivity contribution in [1.82, 2.24) is 4.57 Å². The maximum Gasteiger partial charge on any atom is 0.268 e. The molecule has 3 nitrogen and oxygen atoms in total. The van der Waals surface area contributed by atoms with Crippen molar-refractivity contribution < 1.29 is 9.30 Å². The lowest BCUT2D eigenvalue weighted by molar-refractivity contribution is -0.599. The van der Waals surface area contributed by atoms with Crippen LogP contribution in [0.15, 0.2) is 60.9 Å². The van der Waals surface area contributed by atoms with Gasteiger partial charge in [0.25, 0.3) is 6.33 Å². The molecule has 0 amide bonds. The Hall–Kier alpha value is -2.55. The van der Waals surface area contributed by atoms with Gasteiger partial charge in [-0.3, -0.25) is 9.13 Å². The van der Waals surface area contributed by atoms with Crippen LogP contribution in [0.3, 0.4) is 0 Å². The van der Waals surface area contributed by atoms with Crippen molar-refractivity contribution >= 4 is 0 Å². The quantitative estimate of drug-likeness (QED) is 0.525. The van der Waals surface area contributed by atoms with Crippen LogP contribution in [-0.4, -0.2) is 11.7 Å². The zero-order chi connectivity index (χ0) is 13.9. The summed E-state index contributed by atoms with van der Waals surface area (Å²) in [5.74, 6) is 0.854. The molecule has 0 aliphatic rings. The van der Waals surface area contributed by atoms with E-state index in [1.54, 1.807) is 7.11 Å². The van der Waals surface area contributed by atoms with E-state index in [1.807, 2.05) is 45.8 Å². The smallest absolute Gasteiger partial charge is 0.268 e. The van der Waals surface area contributed by atoms with Crippen LogP contribution in [0.1, 0.15) is 5.56 Å². The van der Waals surface area contributed by atoms with Crippen molar-refractivity contribution in [2.75, 3.05) is 7.11 Å². The highest BCUT2D eigenvalue weighted by Crippen LogP contribution is 2.14. The molecule has 3 rings (SSSR count). The second-order valence-corrected chi connectivity index (χ2v) is 4.67. The van der Waals surface area contributed by atoms with Gasteiger partial charge in [0.15, 0.2) is 0 Å². The van der Waals surface area contributed by atoms with Crippen molar-refractivity contribution in [3.8, 4) is 17.1 Å². The summed E-state index contributed by atoms with van der Waals surface area (Å²) in [5, 5.41) is 0. The van der Waals surface area contributed by atoms with E-state index in [0.717, 1.165) is 17.1 Å². The molecule has 100 valence electrons. The second-order valence-electron chi connectivity index (χ2n) is 4.67. The van der Waals surface area contributed by atoms with Crippen LogP contribution in [0, 0.1) is 13.3 Å². The van der Waals surface area contributed by atoms with Crippen LogP contribution < -0.4 is 9.30 Å². The molecule has 0 fully saturated rings. The Morgan fingerprint density at radius 1 is 1.00 bits per heavy atom. The summed E-state index contributed by atoms with van der Waals surface area (Å²) >= 11 is 0. The van der Waals surface area contributed by atoms with Crippen LogP contribution in [0.4, 0.5) is 0 Å². The van der Waals surface area contributed by atoms with Gasteiger partial charge in [0.1, 0.15) is 5.75 Å². The lowest BCUT2D eigenvalue weighted by Crippen LogP contribution is -2.27. The molecule has 0 radical (unpaired) electrons. The number of aromatic nitrogens is 2. The maximum atomic E-state index is 5.17. The minimum Gasteiger partial charge on any atom is -0.497 e. The van der Waals surface area contributed by atoms with Crippen LogP contribution in [0.25, 0.3) is 11.4 Å². The predicted octanol–water partition coefficient (Wildman–Crippen LogP) is 2.87. The highest BCUT2D eigenvalue weighted by Gasteiger charge is 2.02. The van der Waals surface area contributed by atoms with E-state index in [4.69, 9.17) is 4.74 Å². The SMILES string of the molecule is COc1ccc(-n2[c-][n+](-c3ccc(C)cc3)cc2)cc1. The third-order valence-corrected chi connectivity index (χ3v) is 3.24. The zero-order valence-electron chi connectivity index (χ0n) is 11.6. The summed E-state index contributed by atoms with van der Waals surface area (Å²) in [6, 6.07) is 16.3. The summed E-state index contributed by atoms with van der Waals surface area (Å²) < 4.78 is 9.10. The standard InChI is InChI=1S/C17H16N2O/c1-14-3-5-15(6-4-14)18-11-12-19(13-18)16-7-9-17(20-2)10-8-16/h3-12H,1-2H3. The average molecular weight is 264 g/mol. The molecule has 3 heteroatoms. The largest absolute Gasteiger partial charge is 0.497 e. The van der Waals surface area contributed by atoms with E-state index in [0.29, 0.717) is 0 Å². The predicted molar refractivity (Wildman–Crippen MR) is 77.4 cm³/mol. The molecule has 0 N–H and O–H groups in total. The van der Waals surface area contributed by atoms with Gasteiger partial charge in [-0.2, -0.15) is 0 Å². The number of imidazole rings is 1. The fourth-order valence-corrected chi connectivity index (χ4v) is 2.05. The van der Waals surface area contributed by atoms with Gasteiger partial charge in [-0.15, -0.1) is 0 Å². The van der Waals surface area contributed by atoms with Crippen molar-refractivity contribution in [2.45, 2.75) is 6.92 Å². The first kappa shape index (κ1) is 12.5. The van der Waals surface area contributed by atoms with Gasteiger partial charge in [-0.1, -0.05) is 17.7 Å². The van der Waals surface area contributed by atoms with Gasteiger partial charge >= 0.3 is 0 Å². The van der Waals surface area contributed by atoms with Crippen molar-refractivity contribution in [1.29, 1.82) is 0 Å². The van der Waals surface area contributed by atoms with Gasteiger partial charge < -0.3 is 4.74 Å². The van der Waals surface area contributed by atoms with E-state index in [1.165, 1.54) is 5.56 Å². The summed E-state index contributed by atoms with van der Waals surface area (Å²) in [6.45, 7) is 2.08. The topological polar surface area (TPSA) is 18.0 Å². The second kappa shape index (κ2) is 5.21. The zero-order valence-corrected chi connectivity index (χ0v) is 11.6. The van der Waals surface area contributed by atoms with Crippen molar-refractivity contribution in [3.63, 3.8) is 0 Å². The number of ether oxygens (including phenoxy) is 1. The van der Waals surface area contributed by atoms with Crippen LogP contribution in [-0.2, 0) is 0 Å². The molecule has 0 atom stereocenters. The third-order valence-electron chi connectivity index (χ3n) is 3.24. The maximum absolute atomic E-state index is 5.17. The minimum atomic E-state index is 0.854. The molecule has 0 saturated carbocycles. The number of rotatable bonds is 3. The fraction of sp³-hybridized carbons (Fsp3) is 0.118. The van der Waals surface area contributed by atoms with E-state index in [2.05, 4.69) is 37.5 Å². The highest BCUT2D eigenvalue weighted by atomic mass is 16.5. The van der Waals surface area contributed by atoms with Crippen molar-refractivity contribution in [2.24, 2.45) is 0 Å². The summed E-state index contributed by atoms with van der Waals surface area (Å²) in [5.41, 5.74) is 3.41. The van der Waals surface area contributed by atoms with Crippen LogP contribution >= 0.6 is 0 Å². The molecule has 3 aromatic rings. The Morgan fingerprint density at radius 2 is 1.70 bits per heavy atom. The molecule has 1 heterocycles. The summed E-state index contributed by atoms with van der Waals surface area (Å²) in [6.07, 6.45) is 7.28. The third kappa shape index (κ3) is 2.43. The molecular weight excluding hydrogens is 248 g/mol. The first-order valence-corrected chi connectivity index (χ1v) is 6.50. The molecule has 0 unspecified atom stereocenters. The number of hydrogen-bond acceptors (Lipinski definition) is 1. The fourth-order valence-electron chi connectivity index (χ4n) is 2.05. The van der Waals surface area contributed by atoms with Crippen LogP contribution in [0.5, 0.6) is 5.75 Å². The Morgan fingerprint density at radius 3 is 2.35 bits per heavy atom. The Bertz CT molecular complexity index is 697. The van der Waals surface area contributed by atoms with Gasteiger partial charge in [0, 0.05) is 12.4 Å². The molecule has 0 spiro atoms. The Labute approximate surface area is 118 Å². The Balaban J connectivity index is 1.91. The lowest BCUT2D eigenvalue weighted by Gasteiger charge is -2.03. The molecule has 20 heavy (non-hydrogen) atoms. The average Bonchev–Trinajstić information content (AvgIpc) is 2.98. The molecule has 0 aliphatic heterocycles. The first-order valence-electron chi connectivity index (χ1n) is 6.50. The van der Waals surface area contributed by atoms with Gasteiger partial charge in [-0.05, 0) is 43.3 Å². The molecule has 1 aromatic heterocycles. The molecule has 0 bridgehead atoms. The minimum absolute atomic E-state index is 0.854. The van der Waals surface area contributed by atoms with Crippen LogP contribution in [0.2, 0.25) is 0 Å². The lowest BCUT2D eigenvalue weighted by atomic mass is 10.2. The normalized spacial score (nSPS) is 10.5. The molecule has 2 aromatic carbocycles. The monoisotopic (exact) mass is 264 g/mol. The van der Waals surface area contributed by atoms with Gasteiger partial charge in [-0.25, -0.2) is 0 Å². The number of nitrogens with zero attached hydrogens (tertiary/aromatic N) is 2. The summed E-state index contributed by atoms with van der Waals surface area (Å²) in [7, 11) is 1.67. The number of benzene rings is 2. The summed E-state index contributed by atoms with van der Waals surface area (Å²) in [4.78, 5) is 0. The van der Waals surface area contributed by atoms with Gasteiger partial charge in [0.2, 0.25) is 0 Å². The Kier molecular flexibility index (Phi) is 3.25. The molecular formula is C17H16N2O. The van der Waals surface area contributed by atoms with E-state index in [9.17, 15) is 0 Å². The highest BCUT2D eigenvalue weighted by molar-refractivity contribution is 5.37. The molecule has 0 saturated heterocycles. The van der Waals surface area contributed by atoms with Crippen molar-refractivity contribution in [3.05, 3.63) is 72.8 Å². The number of methoxy groups -OCH3 is 1. The first-order chi connectivity index (χ1) is 9.76. The number of aryl methyl sites for hydroxylation is 1. The molecule has 0 aliphatic carbocycles. The van der Waals surface area contributed by atoms with E-state index < -0.39 is 0 Å². The van der Waals surface area contributed by atoms with Gasteiger partial charge in [0.05, 0.1) is 18.5 Å². The van der Waals surface area contributed by atoms with E-state index >= 15 is 0 Å². The number of hydrogen-bond donors (Lipinski definition) is 0.